The predicted molar refractivity (Wildman–Crippen MR) is 116 cm³/mol. The van der Waals surface area contributed by atoms with Gasteiger partial charge in [-0.1, -0.05) is 24.3 Å². The van der Waals surface area contributed by atoms with Crippen LogP contribution in [0.25, 0.3) is 33.9 Å². The molecule has 152 valence electrons. The van der Waals surface area contributed by atoms with Crippen LogP contribution in [0.5, 0.6) is 0 Å². The molecule has 31 heavy (non-hydrogen) atoms. The molecule has 0 saturated carbocycles. The number of benzene rings is 2. The summed E-state index contributed by atoms with van der Waals surface area (Å²) in [6.07, 6.45) is 1.52. The Morgan fingerprint density at radius 2 is 1.94 bits per heavy atom. The summed E-state index contributed by atoms with van der Waals surface area (Å²) in [6.45, 7) is 2.07. The Morgan fingerprint density at radius 3 is 2.68 bits per heavy atom. The Labute approximate surface area is 177 Å². The Balaban J connectivity index is 1.63. The number of carbonyl (C=O) groups excluding carboxylic acids is 1. The zero-order valence-electron chi connectivity index (χ0n) is 16.6. The molecule has 1 N–H and O–H groups in total. The van der Waals surface area contributed by atoms with Crippen LogP contribution in [0.15, 0.2) is 69.9 Å². The molecule has 0 unspecified atom stereocenters. The van der Waals surface area contributed by atoms with E-state index in [0.717, 1.165) is 5.56 Å². The number of fused-ring (bicyclic) bond motifs is 1. The van der Waals surface area contributed by atoms with Crippen LogP contribution in [-0.4, -0.2) is 22.5 Å². The molecule has 0 aliphatic carbocycles. The van der Waals surface area contributed by atoms with E-state index in [1.54, 1.807) is 67.6 Å². The highest BCUT2D eigenvalue weighted by Gasteiger charge is 2.11. The van der Waals surface area contributed by atoms with Gasteiger partial charge in [-0.25, -0.2) is 9.78 Å². The van der Waals surface area contributed by atoms with E-state index in [9.17, 15) is 14.9 Å². The lowest BCUT2D eigenvalue weighted by molar-refractivity contribution is 0.0526. The number of ether oxygens (including phenoxy) is 1. The van der Waals surface area contributed by atoms with E-state index in [1.807, 2.05) is 0 Å². The van der Waals surface area contributed by atoms with Crippen LogP contribution in [0.3, 0.4) is 0 Å². The van der Waals surface area contributed by atoms with Crippen molar-refractivity contribution in [2.75, 3.05) is 6.61 Å². The molecule has 0 spiro atoms. The van der Waals surface area contributed by atoms with Gasteiger partial charge in [0, 0.05) is 11.6 Å². The topological polar surface area (TPSA) is 109 Å². The van der Waals surface area contributed by atoms with Crippen LogP contribution >= 0.6 is 0 Å². The molecular formula is C24H17N3O4. The van der Waals surface area contributed by atoms with E-state index in [1.165, 1.54) is 6.08 Å². The minimum atomic E-state index is -0.382. The smallest absolute Gasteiger partial charge is 0.338 e. The van der Waals surface area contributed by atoms with E-state index in [2.05, 4.69) is 16.0 Å². The third kappa shape index (κ3) is 4.14. The minimum Gasteiger partial charge on any atom is -0.462 e. The van der Waals surface area contributed by atoms with Gasteiger partial charge in [0.25, 0.3) is 5.56 Å². The average Bonchev–Trinajstić information content (AvgIpc) is 3.26. The maximum Gasteiger partial charge on any atom is 0.338 e. The molecule has 2 aromatic heterocycles. The normalized spacial score (nSPS) is 11.3. The van der Waals surface area contributed by atoms with Gasteiger partial charge in [0.15, 0.2) is 5.82 Å². The Morgan fingerprint density at radius 1 is 1.16 bits per heavy atom. The van der Waals surface area contributed by atoms with Gasteiger partial charge in [0.05, 0.1) is 28.6 Å². The number of para-hydroxylation sites is 1. The number of H-pyrrole nitrogens is 1. The number of hydrogen-bond donors (Lipinski definition) is 1. The third-order valence-electron chi connectivity index (χ3n) is 4.58. The van der Waals surface area contributed by atoms with Crippen LogP contribution in [-0.2, 0) is 4.74 Å². The van der Waals surface area contributed by atoms with Crippen molar-refractivity contribution in [1.82, 2.24) is 9.97 Å². The molecule has 2 aromatic carbocycles. The maximum atomic E-state index is 12.3. The van der Waals surface area contributed by atoms with Crippen LogP contribution in [0.4, 0.5) is 0 Å². The summed E-state index contributed by atoms with van der Waals surface area (Å²) in [7, 11) is 0. The maximum absolute atomic E-state index is 12.3. The molecule has 4 aromatic rings. The number of aromatic nitrogens is 2. The quantitative estimate of drug-likeness (QED) is 0.384. The molecule has 0 bridgehead atoms. The Bertz CT molecular complexity index is 1390. The van der Waals surface area contributed by atoms with Crippen molar-refractivity contribution in [3.8, 4) is 17.4 Å². The molecule has 0 saturated heterocycles. The number of furan rings is 1. The lowest BCUT2D eigenvalue weighted by atomic mass is 10.1. The van der Waals surface area contributed by atoms with Crippen molar-refractivity contribution >= 4 is 28.5 Å². The predicted octanol–water partition coefficient (Wildman–Crippen LogP) is 4.42. The Kier molecular flexibility index (Phi) is 5.45. The molecule has 0 radical (unpaired) electrons. The summed E-state index contributed by atoms with van der Waals surface area (Å²) < 4.78 is 10.8. The summed E-state index contributed by atoms with van der Waals surface area (Å²) in [5, 5.41) is 10.0. The molecule has 0 aliphatic rings. The largest absolute Gasteiger partial charge is 0.462 e. The number of rotatable bonds is 5. The van der Waals surface area contributed by atoms with Crippen molar-refractivity contribution in [2.24, 2.45) is 0 Å². The molecule has 0 fully saturated rings. The number of nitriles is 1. The van der Waals surface area contributed by atoms with E-state index >= 15 is 0 Å². The second-order valence-corrected chi connectivity index (χ2v) is 6.60. The number of nitrogens with one attached hydrogen (secondary N) is 1. The first-order valence-corrected chi connectivity index (χ1v) is 9.57. The summed E-state index contributed by atoms with van der Waals surface area (Å²) in [6, 6.07) is 19.3. The molecule has 0 aliphatic heterocycles. The Hall–Kier alpha value is -4.44. The number of aromatic amines is 1. The highest BCUT2D eigenvalue weighted by Crippen LogP contribution is 2.25. The molecule has 4 rings (SSSR count). The van der Waals surface area contributed by atoms with Gasteiger partial charge in [-0.2, -0.15) is 5.26 Å². The van der Waals surface area contributed by atoms with Crippen LogP contribution in [0, 0.1) is 11.3 Å². The van der Waals surface area contributed by atoms with Crippen molar-refractivity contribution in [3.05, 3.63) is 88.2 Å². The molecule has 7 heteroatoms. The number of nitrogens with zero attached hydrogens (tertiary/aromatic N) is 2. The molecule has 0 amide bonds. The number of allylic oxidation sites excluding steroid dienone is 1. The van der Waals surface area contributed by atoms with Crippen LogP contribution in [0.1, 0.15) is 28.9 Å². The van der Waals surface area contributed by atoms with Gasteiger partial charge >= 0.3 is 5.97 Å². The standard InChI is InChI=1S/C24H17N3O4/c1-2-30-24(29)16-9-7-15(8-10-16)21-12-11-18(31-21)13-17(14-25)22-26-20-6-4-3-5-19(20)23(28)27-22/h3-13H,2H2,1H3,(H,26,27,28)/b17-13+. The van der Waals surface area contributed by atoms with E-state index in [-0.39, 0.29) is 22.9 Å². The van der Waals surface area contributed by atoms with Crippen molar-refractivity contribution < 1.29 is 13.9 Å². The lowest BCUT2D eigenvalue weighted by Gasteiger charge is -2.02. The number of carbonyl (C=O) groups is 1. The monoisotopic (exact) mass is 411 g/mol. The second-order valence-electron chi connectivity index (χ2n) is 6.60. The van der Waals surface area contributed by atoms with E-state index in [4.69, 9.17) is 9.15 Å². The minimum absolute atomic E-state index is 0.168. The summed E-state index contributed by atoms with van der Waals surface area (Å²) in [4.78, 5) is 31.1. The first kappa shape index (κ1) is 19.9. The molecule has 2 heterocycles. The lowest BCUT2D eigenvalue weighted by Crippen LogP contribution is -2.11. The first-order valence-electron chi connectivity index (χ1n) is 9.57. The average molecular weight is 411 g/mol. The fourth-order valence-electron chi connectivity index (χ4n) is 3.08. The van der Waals surface area contributed by atoms with Crippen LogP contribution < -0.4 is 5.56 Å². The highest BCUT2D eigenvalue weighted by molar-refractivity contribution is 5.90. The van der Waals surface area contributed by atoms with Gasteiger partial charge in [0.1, 0.15) is 17.6 Å². The molecule has 0 atom stereocenters. The SMILES string of the molecule is CCOC(=O)c1ccc(-c2ccc(/C=C(\C#N)c3nc4ccccc4c(=O)[nH]3)o2)cc1. The highest BCUT2D eigenvalue weighted by atomic mass is 16.5. The third-order valence-corrected chi connectivity index (χ3v) is 4.58. The summed E-state index contributed by atoms with van der Waals surface area (Å²) in [5.41, 5.74) is 1.58. The van der Waals surface area contributed by atoms with Gasteiger partial charge in [-0.05, 0) is 43.3 Å². The van der Waals surface area contributed by atoms with Crippen LogP contribution in [0.2, 0.25) is 0 Å². The van der Waals surface area contributed by atoms with E-state index < -0.39 is 0 Å². The van der Waals surface area contributed by atoms with Crippen molar-refractivity contribution in [1.29, 1.82) is 5.26 Å². The fourth-order valence-corrected chi connectivity index (χ4v) is 3.08. The zero-order chi connectivity index (χ0) is 21.8. The molecule has 7 nitrogen and oxygen atoms in total. The van der Waals surface area contributed by atoms with Gasteiger partial charge in [-0.15, -0.1) is 0 Å². The zero-order valence-corrected chi connectivity index (χ0v) is 16.6. The van der Waals surface area contributed by atoms with Crippen molar-refractivity contribution in [2.45, 2.75) is 6.92 Å². The van der Waals surface area contributed by atoms with Crippen molar-refractivity contribution in [3.63, 3.8) is 0 Å². The fraction of sp³-hybridized carbons (Fsp3) is 0.0833. The summed E-state index contributed by atoms with van der Waals surface area (Å²) >= 11 is 0. The van der Waals surface area contributed by atoms with Gasteiger partial charge < -0.3 is 14.1 Å². The molecular weight excluding hydrogens is 394 g/mol. The second kappa shape index (κ2) is 8.51. The number of esters is 1. The van der Waals surface area contributed by atoms with Gasteiger partial charge in [0.2, 0.25) is 0 Å². The van der Waals surface area contributed by atoms with Gasteiger partial charge in [-0.3, -0.25) is 4.79 Å². The summed E-state index contributed by atoms with van der Waals surface area (Å²) in [5.74, 6) is 0.784. The van der Waals surface area contributed by atoms with E-state index in [0.29, 0.717) is 34.6 Å². The number of hydrogen-bond acceptors (Lipinski definition) is 6. The first-order chi connectivity index (χ1) is 15.1.